The van der Waals surface area contributed by atoms with Crippen LogP contribution >= 0.6 is 30.4 Å². The van der Waals surface area contributed by atoms with Crippen LogP contribution < -0.4 is 24.9 Å². The first kappa shape index (κ1) is 79.2. The van der Waals surface area contributed by atoms with Crippen LogP contribution in [-0.4, -0.2) is 84.7 Å². The van der Waals surface area contributed by atoms with Crippen LogP contribution in [0.3, 0.4) is 0 Å². The molecule has 2 aliphatic rings. The maximum absolute atomic E-state index is 12.9. The zero-order valence-electron chi connectivity index (χ0n) is 36.8. The Hall–Kier alpha value is -4.24. The molecule has 72 heavy (non-hydrogen) atoms. The topological polar surface area (TPSA) is 591 Å². The van der Waals surface area contributed by atoms with E-state index in [-0.39, 0.29) is 106 Å². The zero-order chi connectivity index (χ0) is 41.5. The number of benzene rings is 4. The number of hydrogen-bond acceptors (Lipinski definition) is 15. The van der Waals surface area contributed by atoms with Crippen molar-refractivity contribution in [1.82, 2.24) is 25.3 Å². The Morgan fingerprint density at radius 2 is 0.597 bits per heavy atom. The first-order chi connectivity index (χ1) is 28.2. The third kappa shape index (κ3) is 14.5. The van der Waals surface area contributed by atoms with E-state index >= 15 is 0 Å². The van der Waals surface area contributed by atoms with Crippen molar-refractivity contribution in [3.05, 3.63) is 169 Å². The van der Waals surface area contributed by atoms with Crippen LogP contribution in [0, 0.1) is 0 Å². The summed E-state index contributed by atoms with van der Waals surface area (Å²) < 4.78 is 60.3. The average Bonchev–Trinajstić information content (AvgIpc) is 3.22. The summed E-state index contributed by atoms with van der Waals surface area (Å²) in [6, 6.07) is 39.0. The van der Waals surface area contributed by atoms with E-state index < -0.39 is 53.3 Å². The molecule has 406 valence electrons. The van der Waals surface area contributed by atoms with Gasteiger partial charge >= 0.3 is 34.1 Å². The Morgan fingerprint density at radius 3 is 0.819 bits per heavy atom. The van der Waals surface area contributed by atoms with Crippen molar-refractivity contribution in [1.29, 1.82) is 0 Å². The molecular weight excluding hydrogens is 1140 g/mol. The fraction of sp³-hybridized carbons (Fsp3) is 0.100. The molecule has 4 aromatic carbocycles. The molecule has 6 heterocycles. The van der Waals surface area contributed by atoms with E-state index in [1.54, 1.807) is 36.9 Å². The quantitative estimate of drug-likeness (QED) is 0.0796. The van der Waals surface area contributed by atoms with Crippen molar-refractivity contribution in [2.24, 2.45) is 0 Å². The Labute approximate surface area is 430 Å². The van der Waals surface area contributed by atoms with Gasteiger partial charge in [-0.15, -0.1) is 0 Å². The second-order valence-corrected chi connectivity index (χ2v) is 22.7. The van der Waals surface area contributed by atoms with Crippen molar-refractivity contribution < 1.29 is 141 Å². The Balaban J connectivity index is -0.000000228. The van der Waals surface area contributed by atoms with Gasteiger partial charge in [-0.3, -0.25) is 33.9 Å². The summed E-state index contributed by atoms with van der Waals surface area (Å²) in [5, 5.41) is 0.216. The summed E-state index contributed by atoms with van der Waals surface area (Å²) in [4.78, 5) is 68.9. The monoisotopic (exact) mass is 1190 g/mol. The first-order valence-electron chi connectivity index (χ1n) is 17.9. The molecule has 0 aliphatic carbocycles. The minimum absolute atomic E-state index is 0. The van der Waals surface area contributed by atoms with Gasteiger partial charge < -0.3 is 98.1 Å². The summed E-state index contributed by atoms with van der Waals surface area (Å²) in [5.41, 5.74) is 4.23. The van der Waals surface area contributed by atoms with E-state index in [4.69, 9.17) is 0 Å². The Morgan fingerprint density at radius 1 is 0.375 bits per heavy atom. The zero-order valence-corrected chi connectivity index (χ0v) is 42.2. The van der Waals surface area contributed by atoms with Gasteiger partial charge in [0.1, 0.15) is 0 Å². The maximum atomic E-state index is 12.9. The van der Waals surface area contributed by atoms with Crippen molar-refractivity contribution in [2.45, 2.75) is 22.9 Å². The Kier molecular flexibility index (Phi) is 33.9. The number of hydrogen-bond donors (Lipinski definition) is 1. The van der Waals surface area contributed by atoms with Crippen LogP contribution in [0.15, 0.2) is 158 Å². The molecular formula is C40H54Cu2N5O21P4+. The predicted molar refractivity (Wildman–Crippen MR) is 257 cm³/mol. The van der Waals surface area contributed by atoms with Gasteiger partial charge in [0.05, 0.1) is 22.1 Å². The normalized spacial score (nSPS) is 23.4. The van der Waals surface area contributed by atoms with Gasteiger partial charge in [-0.25, -0.2) is 0 Å². The molecule has 2 bridgehead atoms. The number of pyridine rings is 4. The number of fused-ring (bicyclic) bond motifs is 8. The van der Waals surface area contributed by atoms with Crippen LogP contribution in [0.25, 0.3) is 43.6 Å². The van der Waals surface area contributed by atoms with Gasteiger partial charge in [0.25, 0.3) is 0 Å². The smallest absolute Gasteiger partial charge is 0.777 e. The molecule has 4 atom stereocenters. The second-order valence-electron chi connectivity index (χ2n) is 13.7. The SMILES string of the molecule is O.O.O.O.O.O.O.O.O.O.O=P1([O-])OP(=O)([O-])C2(Cc3ccccc3)NC1(Cc1ccccc1)P(=O)([O-])OP2(=O)[O-].[Cu+2].[Cu+2].[OH3+].c1cnc2c(c1)ccc1cccnc12.c1cnc2c(c1)ccc1cccnc12. The summed E-state index contributed by atoms with van der Waals surface area (Å²) in [5.74, 6) is 0. The summed E-state index contributed by atoms with van der Waals surface area (Å²) >= 11 is 0. The minimum Gasteiger partial charge on any atom is -0.777 e. The fourth-order valence-corrected chi connectivity index (χ4v) is 18.4. The van der Waals surface area contributed by atoms with Crippen molar-refractivity contribution in [3.63, 3.8) is 0 Å². The molecule has 2 fully saturated rings. The fourth-order valence-electron chi connectivity index (χ4n) is 7.04. The third-order valence-electron chi connectivity index (χ3n) is 9.92. The van der Waals surface area contributed by atoms with Crippen LogP contribution in [0.4, 0.5) is 0 Å². The van der Waals surface area contributed by atoms with Gasteiger partial charge in [-0.05, 0) is 35.4 Å². The van der Waals surface area contributed by atoms with E-state index in [1.807, 2.05) is 29.6 Å². The summed E-state index contributed by atoms with van der Waals surface area (Å²) in [6.45, 7) is 0. The van der Waals surface area contributed by atoms with Gasteiger partial charge in [0.15, 0.2) is 40.4 Å². The number of rotatable bonds is 4. The van der Waals surface area contributed by atoms with Gasteiger partial charge in [0.2, 0.25) is 0 Å². The van der Waals surface area contributed by atoms with E-state index in [0.717, 1.165) is 43.6 Å². The summed E-state index contributed by atoms with van der Waals surface area (Å²) in [6.07, 6.45) is 5.53. The molecule has 0 amide bonds. The van der Waals surface area contributed by atoms with Gasteiger partial charge in [-0.1, -0.05) is 109 Å². The molecule has 0 saturated carbocycles. The molecule has 2 radical (unpaired) electrons. The van der Waals surface area contributed by atoms with Crippen LogP contribution in [0.1, 0.15) is 11.1 Å². The largest absolute Gasteiger partial charge is 2.00 e. The average molecular weight is 1190 g/mol. The molecule has 4 unspecified atom stereocenters. The standard InChI is InChI=1S/C16H19NO10P4.2C12H8N2.2Cu.11H2O/c18-28(19)15(11-13-7-3-1-4-8-13)17-16(30(22,23)26-28,12-14-9-5-2-6-10-14)31(24,25)27-29(15,20)21;2*1-3-9-5-6-10-4-2-8-14-12(10)11(9)13-7-1;;;;;;;;;;;;;/h1-10,17H,11-12H2,(H,18,19)(H,20,21)(H,22,23)(H,24,25);2*1-8H;;;11*1H2/q;;;2*+2;;;;;;;;;;;/p-3. The molecule has 10 rings (SSSR count). The number of nitrogens with one attached hydrogen (secondary N) is 1. The van der Waals surface area contributed by atoms with Crippen molar-refractivity contribution in [3.8, 4) is 0 Å². The Bertz CT molecular complexity index is 2730. The molecule has 2 saturated heterocycles. The molecule has 0 spiro atoms. The molecule has 24 N–H and O–H groups in total. The second kappa shape index (κ2) is 30.8. The van der Waals surface area contributed by atoms with E-state index in [0.29, 0.717) is 0 Å². The van der Waals surface area contributed by atoms with E-state index in [2.05, 4.69) is 77.1 Å². The van der Waals surface area contributed by atoms with E-state index in [9.17, 15) is 37.8 Å². The van der Waals surface area contributed by atoms with Gasteiger partial charge in [0, 0.05) is 59.2 Å². The molecule has 4 aromatic heterocycles. The number of nitrogens with zero attached hydrogens (tertiary/aromatic N) is 4. The van der Waals surface area contributed by atoms with Crippen molar-refractivity contribution >= 4 is 74.0 Å². The summed E-state index contributed by atoms with van der Waals surface area (Å²) in [7, 11) is -23.3. The van der Waals surface area contributed by atoms with Crippen LogP contribution in [0.5, 0.6) is 0 Å². The maximum Gasteiger partial charge on any atom is 2.00 e. The van der Waals surface area contributed by atoms with Crippen molar-refractivity contribution in [2.75, 3.05) is 0 Å². The first-order valence-corrected chi connectivity index (χ1v) is 24.1. The van der Waals surface area contributed by atoms with E-state index in [1.165, 1.54) is 48.5 Å². The number of aromatic nitrogens is 4. The van der Waals surface area contributed by atoms with Gasteiger partial charge in [-0.2, -0.15) is 0 Å². The molecule has 8 aromatic rings. The molecule has 2 aliphatic heterocycles. The van der Waals surface area contributed by atoms with Crippen LogP contribution in [-0.2, 0) is 79.3 Å². The van der Waals surface area contributed by atoms with Crippen LogP contribution in [0.2, 0.25) is 0 Å². The minimum atomic E-state index is -5.82. The predicted octanol–water partition coefficient (Wildman–Crippen LogP) is -2.96. The molecule has 32 heteroatoms. The third-order valence-corrected chi connectivity index (χ3v) is 21.0. The molecule has 26 nitrogen and oxygen atoms in total.